The van der Waals surface area contributed by atoms with Crippen LogP contribution in [0.1, 0.15) is 41.4 Å². The molecule has 27 heavy (non-hydrogen) atoms. The van der Waals surface area contributed by atoms with Crippen LogP contribution in [0.2, 0.25) is 0 Å². The topological polar surface area (TPSA) is 78.5 Å². The zero-order chi connectivity index (χ0) is 19.2. The minimum atomic E-state index is -0.660. The Labute approximate surface area is 162 Å². The van der Waals surface area contributed by atoms with Crippen LogP contribution < -0.4 is 10.6 Å². The molecule has 1 fully saturated rings. The summed E-state index contributed by atoms with van der Waals surface area (Å²) < 4.78 is 0. The van der Waals surface area contributed by atoms with Crippen LogP contribution in [-0.4, -0.2) is 35.2 Å². The van der Waals surface area contributed by atoms with Crippen molar-refractivity contribution in [2.24, 2.45) is 0 Å². The average Bonchev–Trinajstić information content (AvgIpc) is 3.19. The van der Waals surface area contributed by atoms with Crippen LogP contribution in [0.3, 0.4) is 0 Å². The second-order valence-electron chi connectivity index (χ2n) is 6.63. The van der Waals surface area contributed by atoms with Gasteiger partial charge in [-0.05, 0) is 48.9 Å². The van der Waals surface area contributed by atoms with E-state index in [0.717, 1.165) is 24.9 Å². The molecular weight excluding hydrogens is 362 g/mol. The van der Waals surface area contributed by atoms with Gasteiger partial charge in [-0.25, -0.2) is 0 Å². The van der Waals surface area contributed by atoms with Gasteiger partial charge >= 0.3 is 0 Å². The van der Waals surface area contributed by atoms with Gasteiger partial charge in [-0.1, -0.05) is 18.2 Å². The monoisotopic (exact) mass is 385 g/mol. The Kier molecular flexibility index (Phi) is 6.24. The summed E-state index contributed by atoms with van der Waals surface area (Å²) in [5.74, 6) is -0.364. The van der Waals surface area contributed by atoms with Crippen LogP contribution in [-0.2, 0) is 16.1 Å². The van der Waals surface area contributed by atoms with Crippen molar-refractivity contribution in [1.29, 1.82) is 0 Å². The number of carbonyl (C=O) groups is 3. The largest absolute Gasteiger partial charge is 0.340 e. The standard InChI is InChI=1S/C20H23N3O3S/c1-14(21-20(26)17-8-5-11-27-17)19(25)22-16-7-4-6-15(12-16)13-23-10-3-2-9-18(23)24/h4-8,11-12,14H,2-3,9-10,13H2,1H3,(H,21,26)(H,22,25). The third kappa shape index (κ3) is 5.17. The van der Waals surface area contributed by atoms with E-state index in [1.165, 1.54) is 11.3 Å². The molecule has 6 nitrogen and oxygen atoms in total. The first-order valence-corrected chi connectivity index (χ1v) is 9.93. The fourth-order valence-corrected chi connectivity index (χ4v) is 3.62. The fourth-order valence-electron chi connectivity index (χ4n) is 2.99. The summed E-state index contributed by atoms with van der Waals surface area (Å²) in [7, 11) is 0. The molecule has 7 heteroatoms. The quantitative estimate of drug-likeness (QED) is 0.802. The van der Waals surface area contributed by atoms with E-state index in [1.807, 2.05) is 28.5 Å². The molecule has 1 aromatic carbocycles. The number of hydrogen-bond donors (Lipinski definition) is 2. The van der Waals surface area contributed by atoms with Gasteiger partial charge < -0.3 is 15.5 Å². The van der Waals surface area contributed by atoms with Crippen molar-refractivity contribution in [2.45, 2.75) is 38.8 Å². The van der Waals surface area contributed by atoms with E-state index in [-0.39, 0.29) is 17.7 Å². The molecule has 142 valence electrons. The summed E-state index contributed by atoms with van der Waals surface area (Å²) in [5, 5.41) is 7.34. The van der Waals surface area contributed by atoms with Crippen molar-refractivity contribution < 1.29 is 14.4 Å². The van der Waals surface area contributed by atoms with E-state index < -0.39 is 6.04 Å². The molecule has 3 amide bonds. The van der Waals surface area contributed by atoms with Crippen molar-refractivity contribution >= 4 is 34.7 Å². The van der Waals surface area contributed by atoms with Crippen molar-refractivity contribution in [3.63, 3.8) is 0 Å². The first-order valence-electron chi connectivity index (χ1n) is 9.05. The normalized spacial score (nSPS) is 15.3. The van der Waals surface area contributed by atoms with Crippen molar-refractivity contribution in [2.75, 3.05) is 11.9 Å². The molecule has 1 aliphatic rings. The van der Waals surface area contributed by atoms with Gasteiger partial charge in [0.25, 0.3) is 5.91 Å². The number of rotatable bonds is 6. The SMILES string of the molecule is CC(NC(=O)c1cccs1)C(=O)Nc1cccc(CN2CCCCC2=O)c1. The number of carbonyl (C=O) groups excluding carboxylic acids is 3. The molecule has 2 heterocycles. The lowest BCUT2D eigenvalue weighted by atomic mass is 10.1. The van der Waals surface area contributed by atoms with Gasteiger partial charge in [0.2, 0.25) is 11.8 Å². The van der Waals surface area contributed by atoms with E-state index >= 15 is 0 Å². The van der Waals surface area contributed by atoms with Gasteiger partial charge in [0.15, 0.2) is 0 Å². The fraction of sp³-hybridized carbons (Fsp3) is 0.350. The smallest absolute Gasteiger partial charge is 0.261 e. The van der Waals surface area contributed by atoms with Gasteiger partial charge in [-0.3, -0.25) is 14.4 Å². The van der Waals surface area contributed by atoms with Gasteiger partial charge in [-0.15, -0.1) is 11.3 Å². The number of hydrogen-bond acceptors (Lipinski definition) is 4. The molecule has 2 aromatic rings. The van der Waals surface area contributed by atoms with Crippen LogP contribution in [0.25, 0.3) is 0 Å². The van der Waals surface area contributed by atoms with E-state index in [4.69, 9.17) is 0 Å². The Morgan fingerprint density at radius 2 is 2.07 bits per heavy atom. The second kappa shape index (κ2) is 8.81. The number of likely N-dealkylation sites (tertiary alicyclic amines) is 1. The summed E-state index contributed by atoms with van der Waals surface area (Å²) >= 11 is 1.33. The summed E-state index contributed by atoms with van der Waals surface area (Å²) in [6.07, 6.45) is 2.60. The second-order valence-corrected chi connectivity index (χ2v) is 7.58. The summed E-state index contributed by atoms with van der Waals surface area (Å²) in [4.78, 5) is 38.8. The summed E-state index contributed by atoms with van der Waals surface area (Å²) in [5.41, 5.74) is 1.62. The van der Waals surface area contributed by atoms with Gasteiger partial charge in [-0.2, -0.15) is 0 Å². The van der Waals surface area contributed by atoms with Crippen LogP contribution in [0, 0.1) is 0 Å². The van der Waals surface area contributed by atoms with Crippen LogP contribution in [0.4, 0.5) is 5.69 Å². The number of nitrogens with one attached hydrogen (secondary N) is 2. The zero-order valence-electron chi connectivity index (χ0n) is 15.2. The first-order chi connectivity index (χ1) is 13.0. The van der Waals surface area contributed by atoms with Gasteiger partial charge in [0.05, 0.1) is 4.88 Å². The number of thiophene rings is 1. The molecule has 1 aromatic heterocycles. The van der Waals surface area contributed by atoms with Crippen LogP contribution in [0.15, 0.2) is 41.8 Å². The molecule has 1 saturated heterocycles. The molecule has 0 bridgehead atoms. The molecule has 0 spiro atoms. The lowest BCUT2D eigenvalue weighted by molar-refractivity contribution is -0.133. The summed E-state index contributed by atoms with van der Waals surface area (Å²) in [6.45, 7) is 2.98. The Bertz CT molecular complexity index is 820. The molecule has 0 aliphatic carbocycles. The van der Waals surface area contributed by atoms with Crippen molar-refractivity contribution in [3.05, 3.63) is 52.2 Å². The van der Waals surface area contributed by atoms with E-state index in [1.54, 1.807) is 25.1 Å². The maximum absolute atomic E-state index is 12.4. The molecule has 3 rings (SSSR count). The molecular formula is C20H23N3O3S. The maximum atomic E-state index is 12.4. The van der Waals surface area contributed by atoms with Gasteiger partial charge in [0, 0.05) is 25.2 Å². The Morgan fingerprint density at radius 1 is 1.22 bits per heavy atom. The minimum absolute atomic E-state index is 0.181. The molecule has 2 N–H and O–H groups in total. The predicted molar refractivity (Wildman–Crippen MR) is 106 cm³/mol. The van der Waals surface area contributed by atoms with Crippen LogP contribution in [0.5, 0.6) is 0 Å². The summed E-state index contributed by atoms with van der Waals surface area (Å²) in [6, 6.07) is 10.3. The first kappa shape index (κ1) is 19.1. The third-order valence-corrected chi connectivity index (χ3v) is 5.34. The molecule has 1 unspecified atom stereocenters. The van der Waals surface area contributed by atoms with E-state index in [9.17, 15) is 14.4 Å². The highest BCUT2D eigenvalue weighted by Gasteiger charge is 2.19. The number of anilines is 1. The zero-order valence-corrected chi connectivity index (χ0v) is 16.1. The highest BCUT2D eigenvalue weighted by Crippen LogP contribution is 2.17. The number of piperidine rings is 1. The molecule has 0 saturated carbocycles. The highest BCUT2D eigenvalue weighted by atomic mass is 32.1. The molecule has 1 aliphatic heterocycles. The number of nitrogens with zero attached hydrogens (tertiary/aromatic N) is 1. The molecule has 1 atom stereocenters. The lowest BCUT2D eigenvalue weighted by Crippen LogP contribution is -2.41. The Morgan fingerprint density at radius 3 is 2.81 bits per heavy atom. The lowest BCUT2D eigenvalue weighted by Gasteiger charge is -2.27. The maximum Gasteiger partial charge on any atom is 0.261 e. The van der Waals surface area contributed by atoms with Crippen molar-refractivity contribution in [1.82, 2.24) is 10.2 Å². The third-order valence-electron chi connectivity index (χ3n) is 4.48. The Hall–Kier alpha value is -2.67. The Balaban J connectivity index is 1.57. The highest BCUT2D eigenvalue weighted by molar-refractivity contribution is 7.12. The van der Waals surface area contributed by atoms with Crippen LogP contribution >= 0.6 is 11.3 Å². The average molecular weight is 385 g/mol. The van der Waals surface area contributed by atoms with Crippen molar-refractivity contribution in [3.8, 4) is 0 Å². The predicted octanol–water partition coefficient (Wildman–Crippen LogP) is 3.02. The molecule has 0 radical (unpaired) electrons. The van der Waals surface area contributed by atoms with E-state index in [0.29, 0.717) is 23.5 Å². The van der Waals surface area contributed by atoms with E-state index in [2.05, 4.69) is 10.6 Å². The number of benzene rings is 1. The van der Waals surface area contributed by atoms with Gasteiger partial charge in [0.1, 0.15) is 6.04 Å². The minimum Gasteiger partial charge on any atom is -0.340 e. The number of amides is 3.